The average molecular weight is 465 g/mol. The van der Waals surface area contributed by atoms with Crippen LogP contribution in [0.1, 0.15) is 38.1 Å². The number of ether oxygens (including phenoxy) is 2. The van der Waals surface area contributed by atoms with E-state index in [4.69, 9.17) is 21.1 Å². The largest absolute Gasteiger partial charge is 0.497 e. The second-order valence-electron chi connectivity index (χ2n) is 8.05. The molecule has 0 aliphatic carbocycles. The van der Waals surface area contributed by atoms with E-state index in [0.717, 1.165) is 29.1 Å². The minimum atomic E-state index is -0.319. The van der Waals surface area contributed by atoms with Crippen molar-refractivity contribution in [1.29, 1.82) is 0 Å². The zero-order valence-electron chi connectivity index (χ0n) is 18.3. The van der Waals surface area contributed by atoms with E-state index in [1.807, 2.05) is 44.2 Å². The van der Waals surface area contributed by atoms with Crippen LogP contribution in [-0.2, 0) is 4.79 Å². The Labute approximate surface area is 192 Å². The van der Waals surface area contributed by atoms with Crippen molar-refractivity contribution in [1.82, 2.24) is 5.32 Å². The number of nitrogens with one attached hydrogen (secondary N) is 1. The van der Waals surface area contributed by atoms with Crippen molar-refractivity contribution in [3.05, 3.63) is 47.0 Å². The first kappa shape index (κ1) is 23.7. The monoisotopic (exact) mass is 464 g/mol. The zero-order valence-corrected chi connectivity index (χ0v) is 19.8. The molecule has 6 nitrogen and oxygen atoms in total. The van der Waals surface area contributed by atoms with Crippen LogP contribution in [0.15, 0.2) is 41.3 Å². The van der Waals surface area contributed by atoms with Gasteiger partial charge in [0.05, 0.1) is 26.0 Å². The highest BCUT2D eigenvalue weighted by Crippen LogP contribution is 2.54. The third-order valence-electron chi connectivity index (χ3n) is 5.05. The van der Waals surface area contributed by atoms with E-state index in [9.17, 15) is 9.90 Å². The predicted octanol–water partition coefficient (Wildman–Crippen LogP) is 4.64. The first-order valence-corrected chi connectivity index (χ1v) is 11.4. The van der Waals surface area contributed by atoms with Gasteiger partial charge in [-0.25, -0.2) is 0 Å². The Balaban J connectivity index is 1.81. The van der Waals surface area contributed by atoms with Crippen LogP contribution in [0, 0.1) is 0 Å². The van der Waals surface area contributed by atoms with Crippen LogP contribution in [0.25, 0.3) is 0 Å². The van der Waals surface area contributed by atoms with Crippen molar-refractivity contribution in [2.75, 3.05) is 31.8 Å². The highest BCUT2D eigenvalue weighted by atomic mass is 35.5. The summed E-state index contributed by atoms with van der Waals surface area (Å²) in [5.41, 5.74) is 1.40. The maximum Gasteiger partial charge on any atom is 0.225 e. The Hall–Kier alpha value is -1.93. The van der Waals surface area contributed by atoms with Gasteiger partial charge in [-0.3, -0.25) is 9.69 Å². The molecule has 0 spiro atoms. The number of hydrogen-bond donors (Lipinski definition) is 2. The summed E-state index contributed by atoms with van der Waals surface area (Å²) in [7, 11) is 1.62. The van der Waals surface area contributed by atoms with E-state index < -0.39 is 0 Å². The number of hydrogen-bond acceptors (Lipinski definition) is 6. The maximum absolute atomic E-state index is 12.5. The lowest BCUT2D eigenvalue weighted by atomic mass is 10.1. The van der Waals surface area contributed by atoms with Crippen LogP contribution in [0.4, 0.5) is 5.69 Å². The number of fused-ring (bicyclic) bond motifs is 1. The van der Waals surface area contributed by atoms with Gasteiger partial charge in [0.1, 0.15) is 16.9 Å². The molecule has 0 bridgehead atoms. The van der Waals surface area contributed by atoms with Gasteiger partial charge in [-0.15, -0.1) is 0 Å². The van der Waals surface area contributed by atoms with Crippen molar-refractivity contribution in [3.63, 3.8) is 0 Å². The second-order valence-corrected chi connectivity index (χ2v) is 9.60. The van der Waals surface area contributed by atoms with Crippen LogP contribution in [0.5, 0.6) is 11.5 Å². The fraction of sp³-hybridized carbons (Fsp3) is 0.435. The third kappa shape index (κ3) is 5.66. The van der Waals surface area contributed by atoms with Crippen molar-refractivity contribution in [3.8, 4) is 11.5 Å². The molecular formula is C23H29ClN2O4S. The number of thioether (sulfide) groups is 1. The molecule has 0 aromatic heterocycles. The highest BCUT2D eigenvalue weighted by Gasteiger charge is 2.36. The number of anilines is 1. The Morgan fingerprint density at radius 1 is 1.29 bits per heavy atom. The van der Waals surface area contributed by atoms with E-state index in [0.29, 0.717) is 23.1 Å². The number of methoxy groups -OCH3 is 1. The summed E-state index contributed by atoms with van der Waals surface area (Å²) in [5.74, 6) is 1.36. The number of carbonyl (C=O) groups is 1. The van der Waals surface area contributed by atoms with Gasteiger partial charge in [0.2, 0.25) is 5.91 Å². The van der Waals surface area contributed by atoms with E-state index in [2.05, 4.69) is 5.32 Å². The molecule has 1 amide bonds. The van der Waals surface area contributed by atoms with E-state index in [1.54, 1.807) is 36.8 Å². The Bertz CT molecular complexity index is 938. The molecule has 2 aromatic rings. The minimum absolute atomic E-state index is 0.0530. The molecule has 1 atom stereocenters. The summed E-state index contributed by atoms with van der Waals surface area (Å²) >= 11 is 7.75. The summed E-state index contributed by atoms with van der Waals surface area (Å²) in [6, 6.07) is 11.2. The van der Waals surface area contributed by atoms with Crippen LogP contribution in [-0.4, -0.2) is 43.4 Å². The molecule has 1 heterocycles. The topological polar surface area (TPSA) is 71.0 Å². The lowest BCUT2D eigenvalue weighted by molar-refractivity contribution is -0.116. The number of nitrogens with zero attached hydrogens (tertiary/aromatic N) is 1. The molecule has 8 heteroatoms. The van der Waals surface area contributed by atoms with E-state index >= 15 is 0 Å². The van der Waals surface area contributed by atoms with Crippen molar-refractivity contribution >= 4 is 35.0 Å². The minimum Gasteiger partial charge on any atom is -0.497 e. The smallest absolute Gasteiger partial charge is 0.225 e. The van der Waals surface area contributed by atoms with Gasteiger partial charge in [0.25, 0.3) is 0 Å². The summed E-state index contributed by atoms with van der Waals surface area (Å²) in [6.07, 6.45) is 0.777. The molecule has 1 aliphatic heterocycles. The molecule has 31 heavy (non-hydrogen) atoms. The van der Waals surface area contributed by atoms with Crippen molar-refractivity contribution in [2.45, 2.75) is 43.0 Å². The summed E-state index contributed by atoms with van der Waals surface area (Å²) in [4.78, 5) is 15.3. The number of carbonyl (C=O) groups excluding carboxylic acids is 1. The molecule has 168 valence electrons. The number of rotatable bonds is 9. The first-order valence-electron chi connectivity index (χ1n) is 10.2. The molecular weight excluding hydrogens is 436 g/mol. The number of aliphatic hydroxyl groups is 1. The molecule has 1 aliphatic rings. The molecule has 0 radical (unpaired) electrons. The standard InChI is InChI=1S/C23H29ClN2O4S/c1-15(28)26-19-8-6-16(24)12-21(19)31-22(26)18-13-17(29-4)7-9-20(18)30-11-5-10-25-23(2,3)14-27/h6-9,12-13,22,25,27H,5,10-11,14H2,1-4H3. The Morgan fingerprint density at radius 3 is 2.74 bits per heavy atom. The molecule has 3 rings (SSSR count). The van der Waals surface area contributed by atoms with Crippen LogP contribution >= 0.6 is 23.4 Å². The van der Waals surface area contributed by atoms with Gasteiger partial charge in [-0.2, -0.15) is 0 Å². The fourth-order valence-electron chi connectivity index (χ4n) is 3.33. The highest BCUT2D eigenvalue weighted by molar-refractivity contribution is 8.00. The number of aliphatic hydroxyl groups excluding tert-OH is 1. The normalized spacial score (nSPS) is 15.7. The van der Waals surface area contributed by atoms with Crippen molar-refractivity contribution < 1.29 is 19.4 Å². The first-order chi connectivity index (χ1) is 14.8. The lowest BCUT2D eigenvalue weighted by Gasteiger charge is -2.26. The number of benzene rings is 2. The fourth-order valence-corrected chi connectivity index (χ4v) is 4.97. The van der Waals surface area contributed by atoms with Gasteiger partial charge in [0, 0.05) is 27.9 Å². The predicted molar refractivity (Wildman–Crippen MR) is 125 cm³/mol. The lowest BCUT2D eigenvalue weighted by Crippen LogP contribution is -2.43. The Morgan fingerprint density at radius 2 is 2.06 bits per heavy atom. The zero-order chi connectivity index (χ0) is 22.6. The molecule has 0 saturated heterocycles. The molecule has 0 saturated carbocycles. The van der Waals surface area contributed by atoms with Gasteiger partial charge >= 0.3 is 0 Å². The summed E-state index contributed by atoms with van der Waals surface area (Å²) in [5, 5.41) is 13.0. The van der Waals surface area contributed by atoms with Gasteiger partial charge in [0.15, 0.2) is 0 Å². The van der Waals surface area contributed by atoms with Crippen LogP contribution < -0.4 is 19.7 Å². The molecule has 0 fully saturated rings. The van der Waals surface area contributed by atoms with E-state index in [-0.39, 0.29) is 23.4 Å². The average Bonchev–Trinajstić information content (AvgIpc) is 3.12. The molecule has 2 aromatic carbocycles. The SMILES string of the molecule is COc1ccc(OCCCNC(C)(C)CO)c(C2Sc3cc(Cl)ccc3N2C(C)=O)c1. The van der Waals surface area contributed by atoms with Gasteiger partial charge in [-0.05, 0) is 63.2 Å². The van der Waals surface area contributed by atoms with Crippen molar-refractivity contribution in [2.24, 2.45) is 0 Å². The van der Waals surface area contributed by atoms with E-state index in [1.165, 1.54) is 0 Å². The van der Waals surface area contributed by atoms with Crippen LogP contribution in [0.2, 0.25) is 5.02 Å². The second kappa shape index (κ2) is 10.1. The summed E-state index contributed by atoms with van der Waals surface area (Å²) < 4.78 is 11.5. The quantitative estimate of drug-likeness (QED) is 0.527. The molecule has 2 N–H and O–H groups in total. The maximum atomic E-state index is 12.5. The van der Waals surface area contributed by atoms with Crippen LogP contribution in [0.3, 0.4) is 0 Å². The molecule has 1 unspecified atom stereocenters. The number of halogens is 1. The van der Waals surface area contributed by atoms with Gasteiger partial charge in [-0.1, -0.05) is 23.4 Å². The summed E-state index contributed by atoms with van der Waals surface area (Å²) in [6.45, 7) is 6.76. The number of amides is 1. The van der Waals surface area contributed by atoms with Gasteiger partial charge < -0.3 is 19.9 Å². The third-order valence-corrected chi connectivity index (χ3v) is 6.56. The Kier molecular flexibility index (Phi) is 7.75.